The van der Waals surface area contributed by atoms with Crippen molar-refractivity contribution in [3.8, 4) is 5.75 Å². The second kappa shape index (κ2) is 5.15. The number of rotatable bonds is 2. The van der Waals surface area contributed by atoms with Gasteiger partial charge in [-0.15, -0.1) is 0 Å². The van der Waals surface area contributed by atoms with Crippen molar-refractivity contribution in [3.05, 3.63) is 29.3 Å². The molecular formula is C15H17NO4. The summed E-state index contributed by atoms with van der Waals surface area (Å²) in [5.41, 5.74) is 1.01. The quantitative estimate of drug-likeness (QED) is 0.897. The Labute approximate surface area is 117 Å². The van der Waals surface area contributed by atoms with E-state index in [-0.39, 0.29) is 24.1 Å². The Kier molecular flexibility index (Phi) is 3.34. The second-order valence-corrected chi connectivity index (χ2v) is 5.38. The van der Waals surface area contributed by atoms with Crippen molar-refractivity contribution in [2.45, 2.75) is 38.3 Å². The maximum atomic E-state index is 12.2. The van der Waals surface area contributed by atoms with E-state index in [1.165, 1.54) is 6.07 Å². The Morgan fingerprint density at radius 2 is 2.05 bits per heavy atom. The van der Waals surface area contributed by atoms with Crippen molar-refractivity contribution < 1.29 is 19.4 Å². The first-order valence-electron chi connectivity index (χ1n) is 6.93. The second-order valence-electron chi connectivity index (χ2n) is 5.38. The first-order chi connectivity index (χ1) is 9.65. The summed E-state index contributed by atoms with van der Waals surface area (Å²) in [5.74, 6) is -0.357. The maximum absolute atomic E-state index is 12.2. The number of carboxylic acid groups (broad SMARTS) is 1. The Morgan fingerprint density at radius 3 is 2.75 bits per heavy atom. The topological polar surface area (TPSA) is 66.8 Å². The highest BCUT2D eigenvalue weighted by atomic mass is 16.5. The van der Waals surface area contributed by atoms with Crippen LogP contribution in [0.2, 0.25) is 0 Å². The molecule has 0 radical (unpaired) electrons. The van der Waals surface area contributed by atoms with Crippen LogP contribution in [-0.4, -0.2) is 34.5 Å². The smallest absolute Gasteiger partial charge is 0.335 e. The first-order valence-corrected chi connectivity index (χ1v) is 6.93. The molecule has 3 rings (SSSR count). The zero-order valence-electron chi connectivity index (χ0n) is 11.2. The number of carbonyl (C=O) groups is 2. The minimum atomic E-state index is -0.962. The normalized spacial score (nSPS) is 19.4. The summed E-state index contributed by atoms with van der Waals surface area (Å²) in [6.45, 7) is 0.482. The summed E-state index contributed by atoms with van der Waals surface area (Å²) < 4.78 is 5.50. The van der Waals surface area contributed by atoms with Crippen molar-refractivity contribution in [1.82, 2.24) is 4.90 Å². The highest BCUT2D eigenvalue weighted by molar-refractivity contribution is 5.88. The van der Waals surface area contributed by atoms with Crippen LogP contribution < -0.4 is 4.74 Å². The van der Waals surface area contributed by atoms with E-state index in [0.29, 0.717) is 12.3 Å². The maximum Gasteiger partial charge on any atom is 0.335 e. The fourth-order valence-corrected chi connectivity index (χ4v) is 3.02. The number of hydrogen-bond donors (Lipinski definition) is 1. The largest absolute Gasteiger partial charge is 0.483 e. The minimum absolute atomic E-state index is 0.00928. The third-order valence-corrected chi connectivity index (χ3v) is 4.09. The van der Waals surface area contributed by atoms with Crippen LogP contribution >= 0.6 is 0 Å². The number of carbonyl (C=O) groups excluding carboxylic acids is 1. The molecule has 20 heavy (non-hydrogen) atoms. The molecule has 1 fully saturated rings. The lowest BCUT2D eigenvalue weighted by Crippen LogP contribution is -2.39. The fraction of sp³-hybridized carbons (Fsp3) is 0.467. The summed E-state index contributed by atoms with van der Waals surface area (Å²) in [6, 6.07) is 5.03. The predicted molar refractivity (Wildman–Crippen MR) is 71.7 cm³/mol. The highest BCUT2D eigenvalue weighted by Gasteiger charge is 2.30. The Bertz CT molecular complexity index is 549. The van der Waals surface area contributed by atoms with E-state index in [2.05, 4.69) is 0 Å². The SMILES string of the molecule is O=C(O)c1ccc2c(c1)CN(C1CCCC1)C(=O)CO2. The number of amides is 1. The molecule has 0 saturated heterocycles. The number of ether oxygens (including phenoxy) is 1. The van der Waals surface area contributed by atoms with Crippen LogP contribution in [0.5, 0.6) is 5.75 Å². The van der Waals surface area contributed by atoms with Crippen molar-refractivity contribution >= 4 is 11.9 Å². The standard InChI is InChI=1S/C15H17NO4/c17-14-9-20-13-6-5-10(15(18)19)7-11(13)8-16(14)12-3-1-2-4-12/h5-7,12H,1-4,8-9H2,(H,18,19). The summed E-state index contributed by atoms with van der Waals surface area (Å²) >= 11 is 0. The van der Waals surface area contributed by atoms with Crippen LogP contribution in [0.3, 0.4) is 0 Å². The summed E-state index contributed by atoms with van der Waals surface area (Å²) in [5, 5.41) is 9.06. The van der Waals surface area contributed by atoms with Gasteiger partial charge in [0, 0.05) is 18.2 Å². The van der Waals surface area contributed by atoms with Crippen LogP contribution in [0.4, 0.5) is 0 Å². The van der Waals surface area contributed by atoms with Crippen molar-refractivity contribution in [3.63, 3.8) is 0 Å². The molecule has 1 saturated carbocycles. The monoisotopic (exact) mass is 275 g/mol. The molecule has 1 aliphatic carbocycles. The summed E-state index contributed by atoms with van der Waals surface area (Å²) in [4.78, 5) is 25.1. The van der Waals surface area contributed by atoms with E-state index in [0.717, 1.165) is 31.2 Å². The lowest BCUT2D eigenvalue weighted by atomic mass is 10.1. The van der Waals surface area contributed by atoms with Gasteiger partial charge < -0.3 is 14.7 Å². The lowest BCUT2D eigenvalue weighted by Gasteiger charge is -2.27. The van der Waals surface area contributed by atoms with E-state index in [4.69, 9.17) is 9.84 Å². The lowest BCUT2D eigenvalue weighted by molar-refractivity contribution is -0.135. The van der Waals surface area contributed by atoms with Crippen molar-refractivity contribution in [2.75, 3.05) is 6.61 Å². The Hall–Kier alpha value is -2.04. The van der Waals surface area contributed by atoms with Crippen LogP contribution in [0.1, 0.15) is 41.6 Å². The van der Waals surface area contributed by atoms with Gasteiger partial charge in [0.05, 0.1) is 5.56 Å². The molecule has 106 valence electrons. The Balaban J connectivity index is 1.91. The van der Waals surface area contributed by atoms with Gasteiger partial charge in [0.25, 0.3) is 5.91 Å². The molecule has 0 unspecified atom stereocenters. The zero-order chi connectivity index (χ0) is 14.1. The molecule has 1 amide bonds. The average Bonchev–Trinajstić information content (AvgIpc) is 2.91. The molecule has 0 aromatic heterocycles. The van der Waals surface area contributed by atoms with E-state index in [1.807, 2.05) is 4.90 Å². The summed E-state index contributed by atoms with van der Waals surface area (Å²) in [7, 11) is 0. The number of hydrogen-bond acceptors (Lipinski definition) is 3. The van der Waals surface area contributed by atoms with Gasteiger partial charge in [-0.25, -0.2) is 4.79 Å². The first kappa shape index (κ1) is 13.0. The third-order valence-electron chi connectivity index (χ3n) is 4.09. The molecule has 2 aliphatic rings. The molecular weight excluding hydrogens is 258 g/mol. The van der Waals surface area contributed by atoms with E-state index >= 15 is 0 Å². The van der Waals surface area contributed by atoms with E-state index in [9.17, 15) is 9.59 Å². The molecule has 0 atom stereocenters. The van der Waals surface area contributed by atoms with Crippen LogP contribution in [0, 0.1) is 0 Å². The summed E-state index contributed by atoms with van der Waals surface area (Å²) in [6.07, 6.45) is 4.36. The molecule has 5 nitrogen and oxygen atoms in total. The van der Waals surface area contributed by atoms with Crippen molar-refractivity contribution in [2.24, 2.45) is 0 Å². The van der Waals surface area contributed by atoms with Crippen LogP contribution in [0.15, 0.2) is 18.2 Å². The van der Waals surface area contributed by atoms with Gasteiger partial charge in [-0.05, 0) is 31.0 Å². The highest BCUT2D eigenvalue weighted by Crippen LogP contribution is 2.30. The number of fused-ring (bicyclic) bond motifs is 1. The number of aromatic carboxylic acids is 1. The van der Waals surface area contributed by atoms with E-state index < -0.39 is 5.97 Å². The number of benzene rings is 1. The zero-order valence-corrected chi connectivity index (χ0v) is 11.2. The average molecular weight is 275 g/mol. The molecule has 0 bridgehead atoms. The molecule has 1 aromatic rings. The molecule has 1 heterocycles. The molecule has 1 N–H and O–H groups in total. The fourth-order valence-electron chi connectivity index (χ4n) is 3.02. The number of carboxylic acids is 1. The van der Waals surface area contributed by atoms with Gasteiger partial charge in [-0.2, -0.15) is 0 Å². The molecule has 1 aromatic carbocycles. The van der Waals surface area contributed by atoms with Gasteiger partial charge in [0.1, 0.15) is 5.75 Å². The minimum Gasteiger partial charge on any atom is -0.483 e. The third kappa shape index (κ3) is 2.35. The molecule has 5 heteroatoms. The Morgan fingerprint density at radius 1 is 1.30 bits per heavy atom. The van der Waals surface area contributed by atoms with Crippen LogP contribution in [-0.2, 0) is 11.3 Å². The van der Waals surface area contributed by atoms with Crippen molar-refractivity contribution in [1.29, 1.82) is 0 Å². The van der Waals surface area contributed by atoms with Gasteiger partial charge in [0.2, 0.25) is 0 Å². The molecule has 1 aliphatic heterocycles. The van der Waals surface area contributed by atoms with E-state index in [1.54, 1.807) is 12.1 Å². The van der Waals surface area contributed by atoms with Gasteiger partial charge in [-0.1, -0.05) is 12.8 Å². The molecule has 0 spiro atoms. The predicted octanol–water partition coefficient (Wildman–Crippen LogP) is 2.05. The number of nitrogens with zero attached hydrogens (tertiary/aromatic N) is 1. The van der Waals surface area contributed by atoms with Gasteiger partial charge in [0.15, 0.2) is 6.61 Å². The van der Waals surface area contributed by atoms with Crippen LogP contribution in [0.25, 0.3) is 0 Å². The van der Waals surface area contributed by atoms with Gasteiger partial charge in [-0.3, -0.25) is 4.79 Å². The van der Waals surface area contributed by atoms with Gasteiger partial charge >= 0.3 is 5.97 Å².